The highest BCUT2D eigenvalue weighted by molar-refractivity contribution is 4.98. The summed E-state index contributed by atoms with van der Waals surface area (Å²) in [6.07, 6.45) is 5.74. The monoisotopic (exact) mass is 265 g/mol. The fourth-order valence-electron chi connectivity index (χ4n) is 2.60. The highest BCUT2D eigenvalue weighted by atomic mass is 15.3. The van der Waals surface area contributed by atoms with Crippen LogP contribution in [0.3, 0.4) is 0 Å². The second-order valence-electron chi connectivity index (χ2n) is 5.45. The molecule has 0 unspecified atom stereocenters. The zero-order valence-electron chi connectivity index (χ0n) is 12.1. The van der Waals surface area contributed by atoms with Crippen LogP contribution in [0.1, 0.15) is 25.0 Å². The molecule has 0 amide bonds. The molecule has 0 saturated carbocycles. The number of unbranched alkanes of at least 4 members (excludes halogenated alkanes) is 2. The standard InChI is InChI=1S/C14H27N5/c1-17-8-5-14(16-17)13-19-11-9-18(10-12-19)7-4-2-3-6-15/h5,8H,2-4,6-7,9-13,15H2,1H3. The van der Waals surface area contributed by atoms with E-state index in [1.807, 2.05) is 17.9 Å². The van der Waals surface area contributed by atoms with Gasteiger partial charge < -0.3 is 10.6 Å². The first-order valence-electron chi connectivity index (χ1n) is 7.41. The summed E-state index contributed by atoms with van der Waals surface area (Å²) in [5.74, 6) is 0. The van der Waals surface area contributed by atoms with Gasteiger partial charge in [-0.25, -0.2) is 0 Å². The van der Waals surface area contributed by atoms with Gasteiger partial charge >= 0.3 is 0 Å². The molecule has 0 bridgehead atoms. The molecular formula is C14H27N5. The number of nitrogens with zero attached hydrogens (tertiary/aromatic N) is 4. The van der Waals surface area contributed by atoms with Crippen LogP contribution in [0.5, 0.6) is 0 Å². The third-order valence-corrected chi connectivity index (χ3v) is 3.80. The van der Waals surface area contributed by atoms with Crippen molar-refractivity contribution in [3.05, 3.63) is 18.0 Å². The van der Waals surface area contributed by atoms with Crippen LogP contribution in [0.4, 0.5) is 0 Å². The number of aryl methyl sites for hydroxylation is 1. The smallest absolute Gasteiger partial charge is 0.0764 e. The van der Waals surface area contributed by atoms with E-state index in [2.05, 4.69) is 21.0 Å². The van der Waals surface area contributed by atoms with Crippen molar-refractivity contribution in [2.45, 2.75) is 25.8 Å². The molecular weight excluding hydrogens is 238 g/mol. The maximum Gasteiger partial charge on any atom is 0.0764 e. The van der Waals surface area contributed by atoms with Gasteiger partial charge in [-0.2, -0.15) is 5.10 Å². The van der Waals surface area contributed by atoms with E-state index in [1.54, 1.807) is 0 Å². The number of aromatic nitrogens is 2. The molecule has 5 nitrogen and oxygen atoms in total. The van der Waals surface area contributed by atoms with Crippen molar-refractivity contribution in [3.63, 3.8) is 0 Å². The molecule has 5 heteroatoms. The van der Waals surface area contributed by atoms with Gasteiger partial charge in [0.15, 0.2) is 0 Å². The van der Waals surface area contributed by atoms with Gasteiger partial charge in [-0.15, -0.1) is 0 Å². The molecule has 0 spiro atoms. The lowest BCUT2D eigenvalue weighted by molar-refractivity contribution is 0.124. The van der Waals surface area contributed by atoms with Crippen molar-refractivity contribution in [3.8, 4) is 0 Å². The normalized spacial score (nSPS) is 18.0. The minimum atomic E-state index is 0.831. The quantitative estimate of drug-likeness (QED) is 0.736. The van der Waals surface area contributed by atoms with E-state index >= 15 is 0 Å². The first kappa shape index (κ1) is 14.5. The number of piperazine rings is 1. The number of hydrogen-bond acceptors (Lipinski definition) is 4. The first-order chi connectivity index (χ1) is 9.28. The summed E-state index contributed by atoms with van der Waals surface area (Å²) >= 11 is 0. The zero-order chi connectivity index (χ0) is 13.5. The summed E-state index contributed by atoms with van der Waals surface area (Å²) in [6, 6.07) is 2.11. The predicted octanol–water partition coefficient (Wildman–Crippen LogP) is 0.667. The Balaban J connectivity index is 1.62. The summed E-state index contributed by atoms with van der Waals surface area (Å²) in [4.78, 5) is 5.07. The second-order valence-corrected chi connectivity index (χ2v) is 5.45. The van der Waals surface area contributed by atoms with Crippen LogP contribution >= 0.6 is 0 Å². The van der Waals surface area contributed by atoms with Crippen LogP contribution in [0.25, 0.3) is 0 Å². The summed E-state index contributed by atoms with van der Waals surface area (Å²) < 4.78 is 1.88. The molecule has 2 rings (SSSR count). The van der Waals surface area contributed by atoms with Crippen LogP contribution in [0.2, 0.25) is 0 Å². The Morgan fingerprint density at radius 2 is 1.84 bits per heavy atom. The van der Waals surface area contributed by atoms with Crippen molar-refractivity contribution in [1.82, 2.24) is 19.6 Å². The van der Waals surface area contributed by atoms with Crippen molar-refractivity contribution in [2.75, 3.05) is 39.3 Å². The van der Waals surface area contributed by atoms with E-state index < -0.39 is 0 Å². The van der Waals surface area contributed by atoms with Crippen LogP contribution < -0.4 is 5.73 Å². The lowest BCUT2D eigenvalue weighted by Gasteiger charge is -2.34. The summed E-state index contributed by atoms with van der Waals surface area (Å²) in [5.41, 5.74) is 6.69. The number of nitrogens with two attached hydrogens (primary N) is 1. The van der Waals surface area contributed by atoms with Crippen LogP contribution in [0.15, 0.2) is 12.3 Å². The minimum absolute atomic E-state index is 0.831. The van der Waals surface area contributed by atoms with E-state index in [0.29, 0.717) is 0 Å². The van der Waals surface area contributed by atoms with Gasteiger partial charge in [0.25, 0.3) is 0 Å². The molecule has 1 saturated heterocycles. The maximum atomic E-state index is 5.51. The third kappa shape index (κ3) is 4.93. The Hall–Kier alpha value is -0.910. The second kappa shape index (κ2) is 7.62. The third-order valence-electron chi connectivity index (χ3n) is 3.80. The van der Waals surface area contributed by atoms with Crippen LogP contribution in [-0.4, -0.2) is 58.8 Å². The number of rotatable bonds is 7. The van der Waals surface area contributed by atoms with Gasteiger partial charge in [0.05, 0.1) is 5.69 Å². The molecule has 1 aromatic heterocycles. The van der Waals surface area contributed by atoms with E-state index in [9.17, 15) is 0 Å². The van der Waals surface area contributed by atoms with E-state index in [1.165, 1.54) is 44.6 Å². The summed E-state index contributed by atoms with van der Waals surface area (Å²) in [7, 11) is 1.97. The fraction of sp³-hybridized carbons (Fsp3) is 0.786. The maximum absolute atomic E-state index is 5.51. The molecule has 1 aliphatic rings. The highest BCUT2D eigenvalue weighted by Gasteiger charge is 2.16. The van der Waals surface area contributed by atoms with Crippen molar-refractivity contribution < 1.29 is 0 Å². The van der Waals surface area contributed by atoms with Gasteiger partial charge in [0, 0.05) is 46.0 Å². The molecule has 1 aromatic rings. The Bertz CT molecular complexity index is 354. The lowest BCUT2D eigenvalue weighted by atomic mass is 10.2. The molecule has 0 aliphatic carbocycles. The van der Waals surface area contributed by atoms with Crippen LogP contribution in [-0.2, 0) is 13.6 Å². The van der Waals surface area contributed by atoms with E-state index in [0.717, 1.165) is 26.2 Å². The molecule has 0 atom stereocenters. The van der Waals surface area contributed by atoms with Crippen molar-refractivity contribution >= 4 is 0 Å². The average Bonchev–Trinajstić information content (AvgIpc) is 2.82. The average molecular weight is 265 g/mol. The van der Waals surface area contributed by atoms with E-state index in [-0.39, 0.29) is 0 Å². The zero-order valence-corrected chi connectivity index (χ0v) is 12.1. The molecule has 108 valence electrons. The molecule has 2 heterocycles. The summed E-state index contributed by atoms with van der Waals surface area (Å²) in [5, 5.41) is 4.44. The molecule has 1 aliphatic heterocycles. The fourth-order valence-corrected chi connectivity index (χ4v) is 2.60. The molecule has 0 aromatic carbocycles. The SMILES string of the molecule is Cn1ccc(CN2CCN(CCCCCN)CC2)n1. The molecule has 2 N–H and O–H groups in total. The van der Waals surface area contributed by atoms with Crippen molar-refractivity contribution in [2.24, 2.45) is 12.8 Å². The topological polar surface area (TPSA) is 50.3 Å². The van der Waals surface area contributed by atoms with Gasteiger partial charge in [0.1, 0.15) is 0 Å². The minimum Gasteiger partial charge on any atom is -0.330 e. The molecule has 19 heavy (non-hydrogen) atoms. The predicted molar refractivity (Wildman–Crippen MR) is 77.8 cm³/mol. The largest absolute Gasteiger partial charge is 0.330 e. The number of hydrogen-bond donors (Lipinski definition) is 1. The summed E-state index contributed by atoms with van der Waals surface area (Å²) in [6.45, 7) is 7.75. The van der Waals surface area contributed by atoms with Gasteiger partial charge in [-0.1, -0.05) is 6.42 Å². The van der Waals surface area contributed by atoms with Gasteiger partial charge in [-0.05, 0) is 32.0 Å². The Labute approximate surface area is 116 Å². The van der Waals surface area contributed by atoms with Crippen molar-refractivity contribution in [1.29, 1.82) is 0 Å². The van der Waals surface area contributed by atoms with Crippen LogP contribution in [0, 0.1) is 0 Å². The first-order valence-corrected chi connectivity index (χ1v) is 7.41. The van der Waals surface area contributed by atoms with E-state index in [4.69, 9.17) is 5.73 Å². The Morgan fingerprint density at radius 3 is 2.47 bits per heavy atom. The van der Waals surface area contributed by atoms with Gasteiger partial charge in [-0.3, -0.25) is 9.58 Å². The Kier molecular flexibility index (Phi) is 5.82. The van der Waals surface area contributed by atoms with Gasteiger partial charge in [0.2, 0.25) is 0 Å². The lowest BCUT2D eigenvalue weighted by Crippen LogP contribution is -2.46. The Morgan fingerprint density at radius 1 is 1.11 bits per heavy atom. The highest BCUT2D eigenvalue weighted by Crippen LogP contribution is 2.08. The molecule has 0 radical (unpaired) electrons. The molecule has 1 fully saturated rings.